The van der Waals surface area contributed by atoms with Gasteiger partial charge in [-0.3, -0.25) is 9.78 Å². The van der Waals surface area contributed by atoms with Crippen molar-refractivity contribution in [3.8, 4) is 0 Å². The molecule has 168 valence electrons. The number of nitrogens with one attached hydrogen (secondary N) is 1. The Morgan fingerprint density at radius 3 is 2.55 bits per heavy atom. The minimum Gasteiger partial charge on any atom is -0.326 e. The highest BCUT2D eigenvalue weighted by Crippen LogP contribution is 2.64. The second-order valence-electron chi connectivity index (χ2n) is 9.96. The Balaban J connectivity index is 1.16. The highest BCUT2D eigenvalue weighted by atomic mass is 35.5. The molecule has 1 aromatic heterocycles. The fourth-order valence-electron chi connectivity index (χ4n) is 6.64. The number of allylic oxidation sites excluding steroid dienone is 1. The van der Waals surface area contributed by atoms with Crippen molar-refractivity contribution in [3.05, 3.63) is 82.8 Å². The maximum Gasteiger partial charge on any atom is 0.231 e. The van der Waals surface area contributed by atoms with Gasteiger partial charge in [0.05, 0.1) is 11.4 Å². The zero-order chi connectivity index (χ0) is 22.7. The number of nitrogens with zero attached hydrogens (tertiary/aromatic N) is 1. The number of benzene rings is 2. The molecule has 5 aliphatic rings. The number of pyridine rings is 1. The number of carbonyl (C=O) groups excluding carboxylic acids is 1. The first-order valence-electron chi connectivity index (χ1n) is 11.8. The van der Waals surface area contributed by atoms with Crippen LogP contribution in [0.25, 0.3) is 10.9 Å². The standard InChI is InChI=1S/C28H26ClFN2O/c1-15(28(33)32-20-5-2-18(29)3-6-20)16-10-22-24-12-17(13-25(22)23(24)11-16)21-8-9-31-27-7-4-19(30)14-26(21)27/h2-10,14-15,17,22-25H,11-13H2,1H3,(H,32,33)/t15?,17?,22?,23?,24-,25+. The molecule has 0 saturated heterocycles. The lowest BCUT2D eigenvalue weighted by molar-refractivity contribution is -0.119. The minimum atomic E-state index is -0.201. The molecule has 3 nitrogen and oxygen atoms in total. The fourth-order valence-corrected chi connectivity index (χ4v) is 6.76. The number of hydrogen-bond donors (Lipinski definition) is 1. The Hall–Kier alpha value is -2.72. The maximum absolute atomic E-state index is 13.9. The van der Waals surface area contributed by atoms with Crippen LogP contribution in [0.1, 0.15) is 37.7 Å². The van der Waals surface area contributed by atoms with E-state index in [9.17, 15) is 9.18 Å². The van der Waals surface area contributed by atoms with Crippen LogP contribution < -0.4 is 5.32 Å². The third-order valence-electron chi connectivity index (χ3n) is 8.32. The number of rotatable bonds is 4. The van der Waals surface area contributed by atoms with Crippen LogP contribution in [-0.2, 0) is 4.79 Å². The van der Waals surface area contributed by atoms with Crippen LogP contribution in [0.5, 0.6) is 0 Å². The van der Waals surface area contributed by atoms with Crippen molar-refractivity contribution in [3.63, 3.8) is 0 Å². The summed E-state index contributed by atoms with van der Waals surface area (Å²) in [6, 6.07) is 14.2. The van der Waals surface area contributed by atoms with E-state index in [1.165, 1.54) is 17.2 Å². The molecule has 3 aromatic rings. The van der Waals surface area contributed by atoms with E-state index in [1.54, 1.807) is 24.3 Å². The van der Waals surface area contributed by atoms with E-state index in [2.05, 4.69) is 22.4 Å². The molecule has 3 saturated carbocycles. The third kappa shape index (κ3) is 3.56. The Morgan fingerprint density at radius 1 is 1.09 bits per heavy atom. The normalized spacial score (nSPS) is 28.6. The average molecular weight is 461 g/mol. The summed E-state index contributed by atoms with van der Waals surface area (Å²) in [5.41, 5.74) is 4.17. The summed E-state index contributed by atoms with van der Waals surface area (Å²) in [6.45, 7) is 2.01. The summed E-state index contributed by atoms with van der Waals surface area (Å²) in [5, 5.41) is 4.64. The van der Waals surface area contributed by atoms with Gasteiger partial charge in [-0.1, -0.05) is 23.3 Å². The van der Waals surface area contributed by atoms with Crippen LogP contribution in [0.4, 0.5) is 10.1 Å². The molecule has 1 heterocycles. The summed E-state index contributed by atoms with van der Waals surface area (Å²) in [5.74, 6) is 2.75. The van der Waals surface area contributed by atoms with Gasteiger partial charge in [-0.05, 0) is 110 Å². The van der Waals surface area contributed by atoms with Crippen molar-refractivity contribution >= 4 is 34.1 Å². The SMILES string of the molecule is CC(C(=O)Nc1ccc(Cl)cc1)C1=CC2[C@H]3CC(c4ccnc5ccc(F)cc45)C[C@@H]2C3C1. The largest absolute Gasteiger partial charge is 0.326 e. The number of aromatic nitrogens is 1. The number of halogens is 2. The van der Waals surface area contributed by atoms with Gasteiger partial charge < -0.3 is 5.32 Å². The molecule has 5 aliphatic carbocycles. The van der Waals surface area contributed by atoms with Crippen LogP contribution in [0.15, 0.2) is 66.4 Å². The smallest absolute Gasteiger partial charge is 0.231 e. The third-order valence-corrected chi connectivity index (χ3v) is 8.57. The first kappa shape index (κ1) is 20.9. The quantitative estimate of drug-likeness (QED) is 0.426. The Bertz CT molecular complexity index is 1260. The predicted octanol–water partition coefficient (Wildman–Crippen LogP) is 6.99. The summed E-state index contributed by atoms with van der Waals surface area (Å²) >= 11 is 5.94. The molecule has 1 amide bonds. The van der Waals surface area contributed by atoms with Crippen molar-refractivity contribution in [2.75, 3.05) is 5.32 Å². The summed E-state index contributed by atoms with van der Waals surface area (Å²) in [4.78, 5) is 17.3. The molecular weight excluding hydrogens is 435 g/mol. The Kier molecular flexibility index (Phi) is 5.02. The van der Waals surface area contributed by atoms with E-state index in [4.69, 9.17) is 11.6 Å². The van der Waals surface area contributed by atoms with Gasteiger partial charge in [0.1, 0.15) is 5.82 Å². The van der Waals surface area contributed by atoms with E-state index >= 15 is 0 Å². The van der Waals surface area contributed by atoms with Gasteiger partial charge in [-0.15, -0.1) is 0 Å². The number of fused-ring (bicyclic) bond motifs is 4. The topological polar surface area (TPSA) is 42.0 Å². The first-order valence-corrected chi connectivity index (χ1v) is 12.2. The van der Waals surface area contributed by atoms with Crippen LogP contribution >= 0.6 is 11.6 Å². The molecule has 0 spiro atoms. The van der Waals surface area contributed by atoms with Crippen LogP contribution in [0.2, 0.25) is 5.02 Å². The molecule has 5 heteroatoms. The molecular formula is C28H26ClFN2O. The van der Waals surface area contributed by atoms with Crippen molar-refractivity contribution in [2.24, 2.45) is 29.6 Å². The summed E-state index contributed by atoms with van der Waals surface area (Å²) in [6.07, 6.45) is 7.55. The zero-order valence-corrected chi connectivity index (χ0v) is 19.2. The maximum atomic E-state index is 13.9. The highest BCUT2D eigenvalue weighted by Gasteiger charge is 2.56. The lowest BCUT2D eigenvalue weighted by Crippen LogP contribution is -2.54. The lowest BCUT2D eigenvalue weighted by Gasteiger charge is -2.61. The second kappa shape index (κ2) is 7.95. The van der Waals surface area contributed by atoms with Gasteiger partial charge in [0.15, 0.2) is 0 Å². The molecule has 0 aliphatic heterocycles. The monoisotopic (exact) mass is 460 g/mol. The van der Waals surface area contributed by atoms with Gasteiger partial charge in [0.2, 0.25) is 5.91 Å². The van der Waals surface area contributed by atoms with Gasteiger partial charge in [-0.2, -0.15) is 0 Å². The van der Waals surface area contributed by atoms with Crippen molar-refractivity contribution in [1.82, 2.24) is 4.98 Å². The van der Waals surface area contributed by atoms with Crippen molar-refractivity contribution in [1.29, 1.82) is 0 Å². The summed E-state index contributed by atoms with van der Waals surface area (Å²) < 4.78 is 13.9. The van der Waals surface area contributed by atoms with Gasteiger partial charge in [0, 0.05) is 22.3 Å². The van der Waals surface area contributed by atoms with Gasteiger partial charge in [-0.25, -0.2) is 4.39 Å². The molecule has 8 rings (SSSR count). The van der Waals surface area contributed by atoms with E-state index in [1.807, 2.05) is 25.3 Å². The zero-order valence-electron chi connectivity index (χ0n) is 18.5. The van der Waals surface area contributed by atoms with E-state index < -0.39 is 0 Å². The molecule has 3 fully saturated rings. The minimum absolute atomic E-state index is 0.0400. The van der Waals surface area contributed by atoms with Crippen molar-refractivity contribution < 1.29 is 9.18 Å². The average Bonchev–Trinajstić information content (AvgIpc) is 2.85. The molecule has 2 aromatic carbocycles. The lowest BCUT2D eigenvalue weighted by atomic mass is 9.43. The molecule has 4 bridgehead atoms. The summed E-state index contributed by atoms with van der Waals surface area (Å²) in [7, 11) is 0. The molecule has 33 heavy (non-hydrogen) atoms. The molecule has 4 unspecified atom stereocenters. The van der Waals surface area contributed by atoms with Crippen LogP contribution in [0.3, 0.4) is 0 Å². The Morgan fingerprint density at radius 2 is 1.85 bits per heavy atom. The second-order valence-corrected chi connectivity index (χ2v) is 10.4. The number of anilines is 1. The van der Waals surface area contributed by atoms with Crippen LogP contribution in [0, 0.1) is 35.4 Å². The molecule has 6 atom stereocenters. The number of hydrogen-bond acceptors (Lipinski definition) is 2. The highest BCUT2D eigenvalue weighted by molar-refractivity contribution is 6.30. The first-order chi connectivity index (χ1) is 16.0. The van der Waals surface area contributed by atoms with Crippen LogP contribution in [-0.4, -0.2) is 10.9 Å². The van der Waals surface area contributed by atoms with E-state index in [-0.39, 0.29) is 17.6 Å². The van der Waals surface area contributed by atoms with Gasteiger partial charge in [0.25, 0.3) is 0 Å². The fraction of sp³-hybridized carbons (Fsp3) is 0.357. The predicted molar refractivity (Wildman–Crippen MR) is 130 cm³/mol. The number of carbonyl (C=O) groups is 1. The number of amides is 1. The van der Waals surface area contributed by atoms with Crippen molar-refractivity contribution in [2.45, 2.75) is 32.1 Å². The molecule has 0 radical (unpaired) electrons. The Labute approximate surface area is 198 Å². The van der Waals surface area contributed by atoms with Gasteiger partial charge >= 0.3 is 0 Å². The van der Waals surface area contributed by atoms with E-state index in [0.29, 0.717) is 34.6 Å². The van der Waals surface area contributed by atoms with E-state index in [0.717, 1.165) is 35.9 Å². The molecule has 1 N–H and O–H groups in total.